The van der Waals surface area contributed by atoms with Gasteiger partial charge in [0.2, 0.25) is 5.91 Å². The van der Waals surface area contributed by atoms with Gasteiger partial charge in [-0.25, -0.2) is 0 Å². The van der Waals surface area contributed by atoms with Crippen LogP contribution in [-0.4, -0.2) is 37.3 Å². The lowest BCUT2D eigenvalue weighted by Crippen LogP contribution is -2.45. The van der Waals surface area contributed by atoms with Gasteiger partial charge in [0.1, 0.15) is 5.75 Å². The first-order chi connectivity index (χ1) is 13.5. The number of amides is 1. The molecule has 3 rings (SSSR count). The molecule has 0 spiro atoms. The zero-order chi connectivity index (χ0) is 20.0. The fourth-order valence-corrected chi connectivity index (χ4v) is 3.76. The van der Waals surface area contributed by atoms with Crippen LogP contribution in [0.2, 0.25) is 0 Å². The molecule has 6 heteroatoms. The number of benzene rings is 1. The summed E-state index contributed by atoms with van der Waals surface area (Å²) in [5, 5.41) is 3.09. The highest BCUT2D eigenvalue weighted by molar-refractivity contribution is 5.76. The quantitative estimate of drug-likeness (QED) is 0.796. The van der Waals surface area contributed by atoms with Gasteiger partial charge in [0.25, 0.3) is 5.56 Å². The molecule has 1 amide bonds. The molecule has 0 aliphatic carbocycles. The summed E-state index contributed by atoms with van der Waals surface area (Å²) in [6.45, 7) is 4.28. The molecule has 2 heterocycles. The van der Waals surface area contributed by atoms with E-state index in [2.05, 4.69) is 18.3 Å². The zero-order valence-corrected chi connectivity index (χ0v) is 16.6. The first-order valence-corrected chi connectivity index (χ1v) is 9.69. The monoisotopic (exact) mass is 384 g/mol. The van der Waals surface area contributed by atoms with Gasteiger partial charge in [-0.3, -0.25) is 9.59 Å². The maximum absolute atomic E-state index is 12.5. The van der Waals surface area contributed by atoms with Gasteiger partial charge in [0, 0.05) is 56.0 Å². The van der Waals surface area contributed by atoms with Gasteiger partial charge in [-0.05, 0) is 31.9 Å². The summed E-state index contributed by atoms with van der Waals surface area (Å²) in [6, 6.07) is 11.2. The van der Waals surface area contributed by atoms with E-state index in [9.17, 15) is 9.59 Å². The van der Waals surface area contributed by atoms with Crippen molar-refractivity contribution in [1.82, 2.24) is 9.88 Å². The fraction of sp³-hybridized carbons (Fsp3) is 0.455. The second-order valence-electron chi connectivity index (χ2n) is 7.36. The average Bonchev–Trinajstić information content (AvgIpc) is 2.72. The first-order valence-electron chi connectivity index (χ1n) is 9.69. The second-order valence-corrected chi connectivity index (χ2v) is 7.36. The lowest BCUT2D eigenvalue weighted by atomic mass is 9.73. The number of rotatable bonds is 7. The smallest absolute Gasteiger partial charge is 0.250 e. The van der Waals surface area contributed by atoms with E-state index >= 15 is 0 Å². The van der Waals surface area contributed by atoms with Crippen LogP contribution in [0.25, 0.3) is 0 Å². The van der Waals surface area contributed by atoms with E-state index in [4.69, 9.17) is 9.47 Å². The van der Waals surface area contributed by atoms with Crippen LogP contribution in [0.3, 0.4) is 0 Å². The Labute approximate surface area is 165 Å². The maximum Gasteiger partial charge on any atom is 0.250 e. The largest absolute Gasteiger partial charge is 0.496 e. The molecule has 1 aromatic heterocycles. The lowest BCUT2D eigenvalue weighted by molar-refractivity contribution is -0.121. The number of aromatic nitrogens is 1. The highest BCUT2D eigenvalue weighted by Gasteiger charge is 2.37. The van der Waals surface area contributed by atoms with Gasteiger partial charge in [0.05, 0.1) is 7.11 Å². The highest BCUT2D eigenvalue weighted by atomic mass is 16.5. The van der Waals surface area contributed by atoms with E-state index in [1.165, 1.54) is 6.07 Å². The molecule has 0 atom stereocenters. The van der Waals surface area contributed by atoms with Gasteiger partial charge in [-0.15, -0.1) is 0 Å². The molecule has 0 bridgehead atoms. The number of carbonyl (C=O) groups is 1. The Hall–Kier alpha value is -2.60. The number of hydrogen-bond acceptors (Lipinski definition) is 4. The molecule has 1 N–H and O–H groups in total. The van der Waals surface area contributed by atoms with E-state index in [-0.39, 0.29) is 23.3 Å². The van der Waals surface area contributed by atoms with Crippen LogP contribution >= 0.6 is 0 Å². The second kappa shape index (κ2) is 9.06. The number of nitrogens with one attached hydrogen (secondary N) is 1. The molecular formula is C22H28N2O4. The highest BCUT2D eigenvalue weighted by Crippen LogP contribution is 2.40. The van der Waals surface area contributed by atoms with Crippen molar-refractivity contribution in [1.29, 1.82) is 0 Å². The number of nitrogens with zero attached hydrogens (tertiary/aromatic N) is 1. The number of aryl methyl sites for hydroxylation is 2. The molecule has 1 aliphatic rings. The number of ether oxygens (including phenoxy) is 2. The van der Waals surface area contributed by atoms with Crippen LogP contribution in [0, 0.1) is 6.92 Å². The molecular weight excluding hydrogens is 356 g/mol. The normalized spacial score (nSPS) is 15.8. The molecule has 0 unspecified atom stereocenters. The third-order valence-electron chi connectivity index (χ3n) is 5.48. The number of pyridine rings is 1. The van der Waals surface area contributed by atoms with Crippen molar-refractivity contribution in [3.05, 3.63) is 64.1 Å². The molecule has 1 aliphatic heterocycles. The summed E-state index contributed by atoms with van der Waals surface area (Å²) in [5.41, 5.74) is 1.98. The van der Waals surface area contributed by atoms with Crippen molar-refractivity contribution >= 4 is 5.91 Å². The molecule has 0 saturated carbocycles. The topological polar surface area (TPSA) is 69.6 Å². The Kier molecular flexibility index (Phi) is 6.52. The summed E-state index contributed by atoms with van der Waals surface area (Å²) in [7, 11) is 1.68. The van der Waals surface area contributed by atoms with Crippen LogP contribution < -0.4 is 15.6 Å². The molecule has 6 nitrogen and oxygen atoms in total. The van der Waals surface area contributed by atoms with Crippen LogP contribution in [0.5, 0.6) is 5.75 Å². The Morgan fingerprint density at radius 3 is 2.75 bits per heavy atom. The van der Waals surface area contributed by atoms with Crippen molar-refractivity contribution in [2.75, 3.05) is 26.9 Å². The summed E-state index contributed by atoms with van der Waals surface area (Å²) in [6.07, 6.45) is 3.62. The predicted molar refractivity (Wildman–Crippen MR) is 108 cm³/mol. The minimum absolute atomic E-state index is 0.0618. The molecule has 1 fully saturated rings. The van der Waals surface area contributed by atoms with Gasteiger partial charge in [0.15, 0.2) is 0 Å². The molecule has 1 aromatic carbocycles. The van der Waals surface area contributed by atoms with Crippen LogP contribution in [0.1, 0.15) is 30.4 Å². The Bertz CT molecular complexity index is 869. The Morgan fingerprint density at radius 2 is 2.04 bits per heavy atom. The van der Waals surface area contributed by atoms with E-state index in [1.54, 1.807) is 30.0 Å². The minimum atomic E-state index is -0.213. The van der Waals surface area contributed by atoms with Gasteiger partial charge in [-0.1, -0.05) is 23.8 Å². The average molecular weight is 384 g/mol. The van der Waals surface area contributed by atoms with E-state index in [0.717, 1.165) is 29.7 Å². The SMILES string of the molecule is COc1ccc(C)cc1C1(CNC(=O)CCn2ccccc2=O)CCOCC1. The fourth-order valence-electron chi connectivity index (χ4n) is 3.76. The van der Waals surface area contributed by atoms with Gasteiger partial charge >= 0.3 is 0 Å². The molecule has 0 radical (unpaired) electrons. The van der Waals surface area contributed by atoms with E-state index < -0.39 is 0 Å². The molecule has 150 valence electrons. The van der Waals surface area contributed by atoms with Gasteiger partial charge in [-0.2, -0.15) is 0 Å². The van der Waals surface area contributed by atoms with E-state index in [0.29, 0.717) is 26.3 Å². The van der Waals surface area contributed by atoms with Crippen LogP contribution in [-0.2, 0) is 21.5 Å². The van der Waals surface area contributed by atoms with Crippen LogP contribution in [0.15, 0.2) is 47.4 Å². The summed E-state index contributed by atoms with van der Waals surface area (Å²) < 4.78 is 12.7. The van der Waals surface area contributed by atoms with Gasteiger partial charge < -0.3 is 19.4 Å². The third-order valence-corrected chi connectivity index (χ3v) is 5.48. The summed E-state index contributed by atoms with van der Waals surface area (Å²) in [5.74, 6) is 0.783. The Morgan fingerprint density at radius 1 is 1.25 bits per heavy atom. The number of carbonyl (C=O) groups excluding carboxylic acids is 1. The van der Waals surface area contributed by atoms with Crippen LogP contribution in [0.4, 0.5) is 0 Å². The standard InChI is InChI=1S/C22H28N2O4/c1-17-6-7-19(27-2)18(15-17)22(9-13-28-14-10-22)16-23-20(25)8-12-24-11-4-3-5-21(24)26/h3-7,11,15H,8-10,12-14,16H2,1-2H3,(H,23,25). The molecule has 1 saturated heterocycles. The van der Waals surface area contributed by atoms with E-state index in [1.807, 2.05) is 12.1 Å². The molecule has 2 aromatic rings. The van der Waals surface area contributed by atoms with Crippen molar-refractivity contribution in [2.45, 2.75) is 38.1 Å². The number of methoxy groups -OCH3 is 1. The maximum atomic E-state index is 12.5. The van der Waals surface area contributed by atoms with Crippen molar-refractivity contribution < 1.29 is 14.3 Å². The third kappa shape index (κ3) is 4.62. The number of hydrogen-bond donors (Lipinski definition) is 1. The summed E-state index contributed by atoms with van der Waals surface area (Å²) in [4.78, 5) is 24.3. The summed E-state index contributed by atoms with van der Waals surface area (Å²) >= 11 is 0. The van der Waals surface area contributed by atoms with Crippen molar-refractivity contribution in [3.8, 4) is 5.75 Å². The van der Waals surface area contributed by atoms with Crippen molar-refractivity contribution in [2.24, 2.45) is 0 Å². The lowest BCUT2D eigenvalue weighted by Gasteiger charge is -2.39. The first kappa shape index (κ1) is 20.1. The molecule has 28 heavy (non-hydrogen) atoms. The zero-order valence-electron chi connectivity index (χ0n) is 16.6. The Balaban J connectivity index is 1.71. The minimum Gasteiger partial charge on any atom is -0.496 e. The van der Waals surface area contributed by atoms with Crippen molar-refractivity contribution in [3.63, 3.8) is 0 Å². The predicted octanol–water partition coefficient (Wildman–Crippen LogP) is 2.42.